The van der Waals surface area contributed by atoms with Crippen LogP contribution in [0.15, 0.2) is 35.5 Å². The van der Waals surface area contributed by atoms with E-state index in [9.17, 15) is 9.59 Å². The molecule has 1 aromatic rings. The van der Waals surface area contributed by atoms with E-state index < -0.39 is 0 Å². The quantitative estimate of drug-likeness (QED) is 0.895. The van der Waals surface area contributed by atoms with Gasteiger partial charge in [0, 0.05) is 6.54 Å². The van der Waals surface area contributed by atoms with Crippen LogP contribution in [0.3, 0.4) is 0 Å². The minimum atomic E-state index is -0.358. The predicted octanol–water partition coefficient (Wildman–Crippen LogP) is 2.25. The highest BCUT2D eigenvalue weighted by atomic mass is 16.2. The van der Waals surface area contributed by atoms with E-state index in [0.717, 1.165) is 36.2 Å². The van der Waals surface area contributed by atoms with Crippen molar-refractivity contribution in [2.45, 2.75) is 32.7 Å². The summed E-state index contributed by atoms with van der Waals surface area (Å²) in [4.78, 5) is 26.4. The van der Waals surface area contributed by atoms with Crippen LogP contribution >= 0.6 is 0 Å². The fraction of sp³-hybridized carbons (Fsp3) is 0.412. The number of hydrogen-bond donors (Lipinski definition) is 2. The molecule has 0 spiro atoms. The molecule has 5 nitrogen and oxygen atoms in total. The van der Waals surface area contributed by atoms with Gasteiger partial charge < -0.3 is 15.5 Å². The molecule has 0 aliphatic carbocycles. The lowest BCUT2D eigenvalue weighted by Crippen LogP contribution is -2.44. The van der Waals surface area contributed by atoms with Crippen molar-refractivity contribution in [2.24, 2.45) is 0 Å². The Bertz CT molecular complexity index is 634. The van der Waals surface area contributed by atoms with Gasteiger partial charge in [-0.3, -0.25) is 4.79 Å². The van der Waals surface area contributed by atoms with E-state index in [1.807, 2.05) is 36.1 Å². The molecule has 2 aliphatic heterocycles. The van der Waals surface area contributed by atoms with Gasteiger partial charge in [-0.1, -0.05) is 43.2 Å². The van der Waals surface area contributed by atoms with Crippen molar-refractivity contribution in [1.29, 1.82) is 0 Å². The Morgan fingerprint density at radius 2 is 1.95 bits per heavy atom. The van der Waals surface area contributed by atoms with E-state index in [-0.39, 0.29) is 18.0 Å². The molecule has 0 radical (unpaired) electrons. The number of benzene rings is 1. The monoisotopic (exact) mass is 299 g/mol. The molecule has 5 heteroatoms. The van der Waals surface area contributed by atoms with Gasteiger partial charge in [0.15, 0.2) is 0 Å². The van der Waals surface area contributed by atoms with Gasteiger partial charge in [-0.2, -0.15) is 0 Å². The zero-order valence-electron chi connectivity index (χ0n) is 13.0. The third-order valence-corrected chi connectivity index (χ3v) is 4.21. The molecule has 0 saturated carbocycles. The molecule has 3 rings (SSSR count). The second-order valence-electron chi connectivity index (χ2n) is 5.91. The van der Waals surface area contributed by atoms with Gasteiger partial charge in [-0.25, -0.2) is 4.79 Å². The van der Waals surface area contributed by atoms with Gasteiger partial charge in [0.25, 0.3) is 5.91 Å². The Kier molecular flexibility index (Phi) is 3.88. The average Bonchev–Trinajstić information content (AvgIpc) is 2.81. The van der Waals surface area contributed by atoms with Crippen molar-refractivity contribution in [2.75, 3.05) is 13.1 Å². The summed E-state index contributed by atoms with van der Waals surface area (Å²) in [6.45, 7) is 5.36. The van der Waals surface area contributed by atoms with Crippen molar-refractivity contribution in [3.05, 3.63) is 46.7 Å². The van der Waals surface area contributed by atoms with E-state index in [1.54, 1.807) is 0 Å². The highest BCUT2D eigenvalue weighted by Gasteiger charge is 2.39. The van der Waals surface area contributed by atoms with Crippen LogP contribution in [0.1, 0.15) is 36.9 Å². The lowest BCUT2D eigenvalue weighted by Gasteiger charge is -2.25. The number of aryl methyl sites for hydroxylation is 1. The summed E-state index contributed by atoms with van der Waals surface area (Å²) in [7, 11) is 0. The fourth-order valence-electron chi connectivity index (χ4n) is 2.97. The Balaban J connectivity index is 1.90. The molecule has 22 heavy (non-hydrogen) atoms. The topological polar surface area (TPSA) is 61.4 Å². The molecule has 2 heterocycles. The van der Waals surface area contributed by atoms with Gasteiger partial charge in [-0.05, 0) is 18.9 Å². The van der Waals surface area contributed by atoms with Crippen molar-refractivity contribution < 1.29 is 9.59 Å². The molecule has 0 fully saturated rings. The van der Waals surface area contributed by atoms with Crippen molar-refractivity contribution in [3.63, 3.8) is 0 Å². The summed E-state index contributed by atoms with van der Waals surface area (Å²) < 4.78 is 0. The summed E-state index contributed by atoms with van der Waals surface area (Å²) in [6, 6.07) is 7.34. The van der Waals surface area contributed by atoms with Gasteiger partial charge >= 0.3 is 6.03 Å². The zero-order valence-corrected chi connectivity index (χ0v) is 13.0. The number of carbonyl (C=O) groups is 2. The van der Waals surface area contributed by atoms with Crippen LogP contribution in [0.4, 0.5) is 4.79 Å². The van der Waals surface area contributed by atoms with Gasteiger partial charge in [-0.15, -0.1) is 0 Å². The Hall–Kier alpha value is -2.30. The van der Waals surface area contributed by atoms with Crippen molar-refractivity contribution in [3.8, 4) is 0 Å². The number of unbranched alkanes of at least 4 members (excludes halogenated alkanes) is 1. The lowest BCUT2D eigenvalue weighted by atomic mass is 9.95. The van der Waals surface area contributed by atoms with Crippen molar-refractivity contribution in [1.82, 2.24) is 15.5 Å². The maximum atomic E-state index is 12.7. The van der Waals surface area contributed by atoms with Crippen LogP contribution in [0.2, 0.25) is 0 Å². The summed E-state index contributed by atoms with van der Waals surface area (Å²) in [6.07, 6.45) is 2.02. The van der Waals surface area contributed by atoms with Crippen LogP contribution in [-0.2, 0) is 4.79 Å². The lowest BCUT2D eigenvalue weighted by molar-refractivity contribution is -0.125. The first-order valence-electron chi connectivity index (χ1n) is 7.76. The first kappa shape index (κ1) is 14.6. The Labute approximate surface area is 130 Å². The van der Waals surface area contributed by atoms with E-state index in [1.165, 1.54) is 0 Å². The highest BCUT2D eigenvalue weighted by Crippen LogP contribution is 2.32. The largest absolute Gasteiger partial charge is 0.333 e. The Morgan fingerprint density at radius 1 is 1.23 bits per heavy atom. The smallest absolute Gasteiger partial charge is 0.319 e. The molecule has 0 saturated heterocycles. The molecule has 2 N–H and O–H groups in total. The summed E-state index contributed by atoms with van der Waals surface area (Å²) >= 11 is 0. The first-order valence-corrected chi connectivity index (χ1v) is 7.76. The molecule has 1 aromatic carbocycles. The maximum Gasteiger partial charge on any atom is 0.319 e. The third-order valence-electron chi connectivity index (χ3n) is 4.21. The molecule has 0 unspecified atom stereocenters. The number of hydrogen-bond acceptors (Lipinski definition) is 2. The number of amides is 3. The van der Waals surface area contributed by atoms with E-state index in [4.69, 9.17) is 0 Å². The number of rotatable bonds is 4. The highest BCUT2D eigenvalue weighted by molar-refractivity contribution is 6.01. The third kappa shape index (κ3) is 2.58. The van der Waals surface area contributed by atoms with Gasteiger partial charge in [0.1, 0.15) is 0 Å². The van der Waals surface area contributed by atoms with Crippen LogP contribution in [-0.4, -0.2) is 29.9 Å². The molecule has 2 aliphatic rings. The summed E-state index contributed by atoms with van der Waals surface area (Å²) in [5.74, 6) is 0.0292. The Morgan fingerprint density at radius 3 is 2.64 bits per heavy atom. The molecular formula is C17H21N3O2. The van der Waals surface area contributed by atoms with Crippen LogP contribution in [0.25, 0.3) is 0 Å². The number of nitrogens with zero attached hydrogens (tertiary/aromatic N) is 1. The van der Waals surface area contributed by atoms with E-state index in [0.29, 0.717) is 12.1 Å². The second-order valence-corrected chi connectivity index (χ2v) is 5.91. The standard InChI is InChI=1S/C17H21N3O2/c1-3-4-9-20-10-13-14(16(20)21)15(19-17(22)18-13)12-7-5-11(2)6-8-12/h5-8,15H,3-4,9-10H2,1-2H3,(H2,18,19,22)/t15-/m0/s1. The minimum absolute atomic E-state index is 0.0292. The number of carbonyl (C=O) groups excluding carboxylic acids is 2. The minimum Gasteiger partial charge on any atom is -0.333 e. The predicted molar refractivity (Wildman–Crippen MR) is 84.1 cm³/mol. The average molecular weight is 299 g/mol. The molecule has 3 amide bonds. The first-order chi connectivity index (χ1) is 10.6. The van der Waals surface area contributed by atoms with Crippen LogP contribution in [0, 0.1) is 6.92 Å². The second kappa shape index (κ2) is 5.83. The van der Waals surface area contributed by atoms with Crippen molar-refractivity contribution >= 4 is 11.9 Å². The number of urea groups is 1. The summed E-state index contributed by atoms with van der Waals surface area (Å²) in [5.41, 5.74) is 3.52. The maximum absolute atomic E-state index is 12.7. The van der Waals surface area contributed by atoms with E-state index in [2.05, 4.69) is 17.6 Å². The molecular weight excluding hydrogens is 278 g/mol. The summed E-state index contributed by atoms with van der Waals surface area (Å²) in [5, 5.41) is 5.67. The molecule has 0 aromatic heterocycles. The van der Waals surface area contributed by atoms with Gasteiger partial charge in [0.05, 0.1) is 23.9 Å². The SMILES string of the molecule is CCCCN1CC2=C(C1=O)[C@H](c1ccc(C)cc1)NC(=O)N2. The molecule has 116 valence electrons. The van der Waals surface area contributed by atoms with Crippen LogP contribution < -0.4 is 10.6 Å². The normalized spacial score (nSPS) is 20.8. The molecule has 1 atom stereocenters. The zero-order chi connectivity index (χ0) is 15.7. The van der Waals surface area contributed by atoms with Crippen LogP contribution in [0.5, 0.6) is 0 Å². The fourth-order valence-corrected chi connectivity index (χ4v) is 2.97. The van der Waals surface area contributed by atoms with Gasteiger partial charge in [0.2, 0.25) is 0 Å². The molecule has 0 bridgehead atoms. The van der Waals surface area contributed by atoms with E-state index >= 15 is 0 Å². The number of nitrogens with one attached hydrogen (secondary N) is 2.